The summed E-state index contributed by atoms with van der Waals surface area (Å²) in [6.07, 6.45) is 7.28. The number of sulfone groups is 1. The van der Waals surface area contributed by atoms with Crippen molar-refractivity contribution in [3.8, 4) is 0 Å². The Morgan fingerprint density at radius 1 is 1.24 bits per heavy atom. The van der Waals surface area contributed by atoms with E-state index in [4.69, 9.17) is 4.52 Å². The van der Waals surface area contributed by atoms with Gasteiger partial charge in [0, 0.05) is 18.5 Å². The average Bonchev–Trinajstić information content (AvgIpc) is 2.94. The molecule has 1 aromatic heterocycles. The van der Waals surface area contributed by atoms with E-state index < -0.39 is 9.84 Å². The fourth-order valence-corrected chi connectivity index (χ4v) is 5.77. The van der Waals surface area contributed by atoms with Gasteiger partial charge in [-0.1, -0.05) is 11.6 Å². The highest BCUT2D eigenvalue weighted by molar-refractivity contribution is 7.91. The largest absolute Gasteiger partial charge is 0.361 e. The van der Waals surface area contributed by atoms with Gasteiger partial charge in [0.2, 0.25) is 0 Å². The van der Waals surface area contributed by atoms with Crippen LogP contribution in [0.25, 0.3) is 0 Å². The van der Waals surface area contributed by atoms with Gasteiger partial charge in [0.15, 0.2) is 9.84 Å². The normalized spacial score (nSPS) is 25.9. The molecule has 1 unspecified atom stereocenters. The van der Waals surface area contributed by atoms with Crippen molar-refractivity contribution in [2.24, 2.45) is 5.92 Å². The molecule has 2 amide bonds. The Morgan fingerprint density at radius 2 is 2.04 bits per heavy atom. The molecule has 7 nitrogen and oxygen atoms in total. The second-order valence-corrected chi connectivity index (χ2v) is 9.69. The molecule has 2 fully saturated rings. The number of nitrogens with zero attached hydrogens (tertiary/aromatic N) is 2. The molecule has 1 aromatic rings. The molecule has 1 aliphatic heterocycles. The maximum atomic E-state index is 12.7. The minimum Gasteiger partial charge on any atom is -0.361 e. The zero-order valence-electron chi connectivity index (χ0n) is 14.4. The number of amides is 2. The van der Waals surface area contributed by atoms with E-state index in [2.05, 4.69) is 10.5 Å². The predicted octanol–water partition coefficient (Wildman–Crippen LogP) is 1.66. The van der Waals surface area contributed by atoms with Gasteiger partial charge in [-0.05, 0) is 38.0 Å². The summed E-state index contributed by atoms with van der Waals surface area (Å²) in [5.74, 6) is 1.43. The third kappa shape index (κ3) is 3.41. The number of nitrogens with one attached hydrogen (secondary N) is 1. The van der Waals surface area contributed by atoms with Crippen LogP contribution in [-0.4, -0.2) is 48.6 Å². The minimum absolute atomic E-state index is 0.0585. The molecule has 3 aliphatic rings. The number of carbonyl (C=O) groups excluding carboxylic acids is 1. The van der Waals surface area contributed by atoms with Gasteiger partial charge in [-0.25, -0.2) is 13.2 Å². The first-order valence-electron chi connectivity index (χ1n) is 9.25. The number of fused-ring (bicyclic) bond motifs is 1. The van der Waals surface area contributed by atoms with Gasteiger partial charge in [-0.3, -0.25) is 0 Å². The average molecular weight is 367 g/mol. The number of carbonyl (C=O) groups is 1. The van der Waals surface area contributed by atoms with Gasteiger partial charge < -0.3 is 14.7 Å². The first kappa shape index (κ1) is 16.9. The van der Waals surface area contributed by atoms with E-state index >= 15 is 0 Å². The van der Waals surface area contributed by atoms with Crippen molar-refractivity contribution in [1.82, 2.24) is 15.4 Å². The Morgan fingerprint density at radius 3 is 2.80 bits per heavy atom. The highest BCUT2D eigenvalue weighted by Crippen LogP contribution is 2.34. The zero-order valence-corrected chi connectivity index (χ0v) is 15.2. The summed E-state index contributed by atoms with van der Waals surface area (Å²) in [4.78, 5) is 14.4. The van der Waals surface area contributed by atoms with Crippen LogP contribution in [-0.2, 0) is 29.2 Å². The van der Waals surface area contributed by atoms with Crippen LogP contribution in [0.15, 0.2) is 4.52 Å². The van der Waals surface area contributed by atoms with Crippen LogP contribution in [0.5, 0.6) is 0 Å². The molecule has 1 saturated heterocycles. The summed E-state index contributed by atoms with van der Waals surface area (Å²) in [5, 5.41) is 7.05. The Balaban J connectivity index is 1.42. The number of rotatable bonds is 3. The van der Waals surface area contributed by atoms with E-state index in [0.29, 0.717) is 12.5 Å². The highest BCUT2D eigenvalue weighted by Gasteiger charge is 2.40. The Hall–Kier alpha value is -1.57. The van der Waals surface area contributed by atoms with Crippen LogP contribution in [0.1, 0.15) is 49.1 Å². The maximum Gasteiger partial charge on any atom is 0.318 e. The van der Waals surface area contributed by atoms with Gasteiger partial charge >= 0.3 is 6.03 Å². The minimum atomic E-state index is -3.04. The first-order valence-corrected chi connectivity index (χ1v) is 11.1. The van der Waals surface area contributed by atoms with Crippen molar-refractivity contribution in [1.29, 1.82) is 0 Å². The second kappa shape index (κ2) is 6.63. The molecule has 4 rings (SSSR count). The standard InChI is InChI=1S/C17H25N3O4S/c21-17(18-10-14-13-6-1-2-7-16(13)24-19-14)20-8-9-25(22,23)11-15(20)12-4-3-5-12/h12,15H,1-11H2,(H,18,21). The SMILES string of the molecule is O=C(NCc1noc2c1CCCC2)N1CCS(=O)(=O)CC1C1CCC1. The highest BCUT2D eigenvalue weighted by atomic mass is 32.2. The monoisotopic (exact) mass is 367 g/mol. The molecule has 0 radical (unpaired) electrons. The van der Waals surface area contributed by atoms with Gasteiger partial charge in [0.25, 0.3) is 0 Å². The van der Waals surface area contributed by atoms with Gasteiger partial charge in [0.1, 0.15) is 11.5 Å². The van der Waals surface area contributed by atoms with E-state index in [9.17, 15) is 13.2 Å². The van der Waals surface area contributed by atoms with E-state index in [1.807, 2.05) is 0 Å². The molecule has 1 N–H and O–H groups in total. The molecule has 138 valence electrons. The molecule has 0 aromatic carbocycles. The van der Waals surface area contributed by atoms with Gasteiger partial charge in [0.05, 0.1) is 24.1 Å². The van der Waals surface area contributed by atoms with Crippen molar-refractivity contribution < 1.29 is 17.7 Å². The lowest BCUT2D eigenvalue weighted by molar-refractivity contribution is 0.123. The smallest absolute Gasteiger partial charge is 0.318 e. The predicted molar refractivity (Wildman–Crippen MR) is 91.9 cm³/mol. The quantitative estimate of drug-likeness (QED) is 0.877. The number of urea groups is 1. The summed E-state index contributed by atoms with van der Waals surface area (Å²) in [7, 11) is -3.04. The topological polar surface area (TPSA) is 92.5 Å². The van der Waals surface area contributed by atoms with Crippen molar-refractivity contribution >= 4 is 15.9 Å². The fourth-order valence-electron chi connectivity index (χ4n) is 4.15. The van der Waals surface area contributed by atoms with E-state index in [1.54, 1.807) is 4.90 Å². The molecular formula is C17H25N3O4S. The number of aryl methyl sites for hydroxylation is 1. The second-order valence-electron chi connectivity index (χ2n) is 7.46. The Labute approximate surface area is 148 Å². The lowest BCUT2D eigenvalue weighted by Gasteiger charge is -2.43. The van der Waals surface area contributed by atoms with Crippen molar-refractivity contribution in [3.05, 3.63) is 17.0 Å². The van der Waals surface area contributed by atoms with Crippen LogP contribution in [0.3, 0.4) is 0 Å². The van der Waals surface area contributed by atoms with Crippen molar-refractivity contribution in [2.75, 3.05) is 18.1 Å². The van der Waals surface area contributed by atoms with E-state index in [1.165, 1.54) is 0 Å². The molecule has 25 heavy (non-hydrogen) atoms. The third-order valence-corrected chi connectivity index (χ3v) is 7.52. The lowest BCUT2D eigenvalue weighted by atomic mass is 9.79. The molecule has 2 aliphatic carbocycles. The molecule has 1 saturated carbocycles. The summed E-state index contributed by atoms with van der Waals surface area (Å²) in [6, 6.07) is -0.363. The van der Waals surface area contributed by atoms with Crippen LogP contribution in [0.4, 0.5) is 4.79 Å². The summed E-state index contributed by atoms with van der Waals surface area (Å²) >= 11 is 0. The Bertz CT molecular complexity index is 754. The molecule has 1 atom stereocenters. The van der Waals surface area contributed by atoms with Crippen LogP contribution in [0.2, 0.25) is 0 Å². The number of aromatic nitrogens is 1. The summed E-state index contributed by atoms with van der Waals surface area (Å²) in [6.45, 7) is 0.630. The molecular weight excluding hydrogens is 342 g/mol. The summed E-state index contributed by atoms with van der Waals surface area (Å²) in [5.41, 5.74) is 1.95. The molecule has 2 heterocycles. The molecule has 8 heteroatoms. The van der Waals surface area contributed by atoms with Crippen molar-refractivity contribution in [3.63, 3.8) is 0 Å². The van der Waals surface area contributed by atoms with Crippen LogP contribution in [0, 0.1) is 5.92 Å². The fraction of sp³-hybridized carbons (Fsp3) is 0.765. The first-order chi connectivity index (χ1) is 12.0. The van der Waals surface area contributed by atoms with Gasteiger partial charge in [-0.2, -0.15) is 0 Å². The molecule has 0 bridgehead atoms. The van der Waals surface area contributed by atoms with Crippen LogP contribution >= 0.6 is 0 Å². The van der Waals surface area contributed by atoms with E-state index in [0.717, 1.165) is 62.0 Å². The number of hydrogen-bond donors (Lipinski definition) is 1. The molecule has 0 spiro atoms. The summed E-state index contributed by atoms with van der Waals surface area (Å²) < 4.78 is 29.4. The lowest BCUT2D eigenvalue weighted by Crippen LogP contribution is -2.57. The Kier molecular flexibility index (Phi) is 4.47. The maximum absolute atomic E-state index is 12.7. The van der Waals surface area contributed by atoms with Crippen molar-refractivity contribution in [2.45, 2.75) is 57.5 Å². The third-order valence-electron chi connectivity index (χ3n) is 5.86. The van der Waals surface area contributed by atoms with Gasteiger partial charge in [-0.15, -0.1) is 0 Å². The number of hydrogen-bond acceptors (Lipinski definition) is 5. The van der Waals surface area contributed by atoms with Crippen LogP contribution < -0.4 is 5.32 Å². The van der Waals surface area contributed by atoms with E-state index in [-0.39, 0.29) is 30.1 Å². The zero-order chi connectivity index (χ0) is 17.4.